The first-order chi connectivity index (χ1) is 19.0. The maximum absolute atomic E-state index is 12.5. The fraction of sp³-hybridized carbons (Fsp3) is 0.571. The molecule has 1 fully saturated rings. The first-order valence-corrected chi connectivity index (χ1v) is 13.3. The molecule has 1 aliphatic carbocycles. The smallest absolute Gasteiger partial charge is 0.416 e. The summed E-state index contributed by atoms with van der Waals surface area (Å²) in [6.45, 7) is 3.23. The van der Waals surface area contributed by atoms with E-state index in [2.05, 4.69) is 22.3 Å². The highest BCUT2D eigenvalue weighted by Crippen LogP contribution is 2.31. The van der Waals surface area contributed by atoms with Gasteiger partial charge in [-0.05, 0) is 70.1 Å². The average molecular weight is 573 g/mol. The van der Waals surface area contributed by atoms with E-state index in [0.717, 1.165) is 25.0 Å². The van der Waals surface area contributed by atoms with Crippen molar-refractivity contribution in [2.75, 3.05) is 19.8 Å². The van der Waals surface area contributed by atoms with Crippen molar-refractivity contribution in [3.8, 4) is 5.75 Å². The second-order valence-electron chi connectivity index (χ2n) is 9.11. The van der Waals surface area contributed by atoms with Gasteiger partial charge in [-0.2, -0.15) is 13.2 Å². The highest BCUT2D eigenvalue weighted by atomic mass is 19.4. The van der Waals surface area contributed by atoms with Crippen molar-refractivity contribution in [2.24, 2.45) is 5.92 Å². The summed E-state index contributed by atoms with van der Waals surface area (Å²) in [6.07, 6.45) is 11.5. The maximum atomic E-state index is 12.5. The maximum Gasteiger partial charge on any atom is 0.416 e. The van der Waals surface area contributed by atoms with Crippen molar-refractivity contribution < 1.29 is 42.2 Å². The Kier molecular flexibility index (Phi) is 16.8. The van der Waals surface area contributed by atoms with E-state index in [0.29, 0.717) is 25.4 Å². The zero-order chi connectivity index (χ0) is 29.8. The molecule has 1 atom stereocenters. The van der Waals surface area contributed by atoms with Crippen molar-refractivity contribution in [3.05, 3.63) is 64.2 Å². The lowest BCUT2D eigenvalue weighted by Crippen LogP contribution is -2.39. The van der Waals surface area contributed by atoms with Crippen molar-refractivity contribution in [1.29, 1.82) is 0 Å². The third-order valence-electron chi connectivity index (χ3n) is 5.79. The van der Waals surface area contributed by atoms with Crippen LogP contribution in [0, 0.1) is 16.0 Å². The van der Waals surface area contributed by atoms with Gasteiger partial charge in [0.2, 0.25) is 5.91 Å². The summed E-state index contributed by atoms with van der Waals surface area (Å²) in [5.74, 6) is 0.0666. The SMILES string of the molecule is C/C=C\CCCC(=O)NC(C)C(=O)OCCO[N+](=O)[O-].FC(F)(F)c1cccc(OCC/C=C/C2CCCC2)c1. The topological polar surface area (TPSA) is 117 Å². The van der Waals surface area contributed by atoms with E-state index in [-0.39, 0.29) is 24.9 Å². The fourth-order valence-electron chi connectivity index (χ4n) is 3.74. The zero-order valence-electron chi connectivity index (χ0n) is 23.0. The minimum absolute atomic E-state index is 0.235. The van der Waals surface area contributed by atoms with Crippen LogP contribution in [0.5, 0.6) is 5.75 Å². The van der Waals surface area contributed by atoms with Gasteiger partial charge in [0.1, 0.15) is 25.0 Å². The van der Waals surface area contributed by atoms with Gasteiger partial charge in [0.25, 0.3) is 5.09 Å². The molecule has 1 aliphatic rings. The number of rotatable bonds is 15. The molecule has 1 aromatic carbocycles. The Labute approximate surface area is 232 Å². The molecule has 1 amide bonds. The van der Waals surface area contributed by atoms with E-state index in [1.807, 2.05) is 19.1 Å². The van der Waals surface area contributed by atoms with Crippen molar-refractivity contribution >= 4 is 11.9 Å². The standard InChI is InChI=1S/C16H19F3O.C12H20N2O6/c17-16(18,19)14-9-5-10-15(12-14)20-11-4-3-8-13-6-1-2-7-13;1-3-4-5-6-7-11(15)13-10(2)12(16)19-8-9-20-14(17)18/h3,5,8-10,12-13H,1-2,4,6-7,11H2;3-4,10H,5-9H2,1-2H3,(H,13,15)/b8-3+;4-3-. The van der Waals surface area contributed by atoms with E-state index in [1.165, 1.54) is 38.7 Å². The number of esters is 1. The number of amides is 1. The van der Waals surface area contributed by atoms with E-state index in [4.69, 9.17) is 9.47 Å². The van der Waals surface area contributed by atoms with Gasteiger partial charge in [-0.3, -0.25) is 4.79 Å². The second-order valence-corrected chi connectivity index (χ2v) is 9.11. The third-order valence-corrected chi connectivity index (χ3v) is 5.79. The number of hydrogen-bond acceptors (Lipinski definition) is 7. The van der Waals surface area contributed by atoms with Crippen molar-refractivity contribution in [2.45, 2.75) is 77.4 Å². The second kappa shape index (κ2) is 19.5. The van der Waals surface area contributed by atoms with E-state index < -0.39 is 28.8 Å². The number of nitrogens with one attached hydrogen (secondary N) is 1. The molecule has 1 unspecified atom stereocenters. The summed E-state index contributed by atoms with van der Waals surface area (Å²) in [7, 11) is 0. The fourth-order valence-corrected chi connectivity index (χ4v) is 3.74. The normalized spacial score (nSPS) is 14.4. The minimum Gasteiger partial charge on any atom is -0.493 e. The number of carbonyl (C=O) groups is 2. The average Bonchev–Trinajstić information content (AvgIpc) is 3.42. The van der Waals surface area contributed by atoms with Crippen LogP contribution in [-0.2, 0) is 25.3 Å². The van der Waals surface area contributed by atoms with E-state index in [1.54, 1.807) is 6.07 Å². The molecule has 0 heterocycles. The summed E-state index contributed by atoms with van der Waals surface area (Å²) in [6, 6.07) is 4.22. The molecule has 0 bridgehead atoms. The molecule has 12 heteroatoms. The summed E-state index contributed by atoms with van der Waals surface area (Å²) in [5.41, 5.74) is -0.670. The Morgan fingerprint density at radius 3 is 2.52 bits per heavy atom. The van der Waals surface area contributed by atoms with Gasteiger partial charge in [0, 0.05) is 6.42 Å². The van der Waals surface area contributed by atoms with Crippen molar-refractivity contribution in [1.82, 2.24) is 5.32 Å². The zero-order valence-corrected chi connectivity index (χ0v) is 23.0. The monoisotopic (exact) mass is 572 g/mol. The molecule has 0 aromatic heterocycles. The molecule has 0 saturated heterocycles. The molecule has 9 nitrogen and oxygen atoms in total. The first kappa shape index (κ1) is 34.5. The highest BCUT2D eigenvalue weighted by Gasteiger charge is 2.30. The van der Waals surface area contributed by atoms with Crippen LogP contribution < -0.4 is 10.1 Å². The van der Waals surface area contributed by atoms with Crippen molar-refractivity contribution in [3.63, 3.8) is 0 Å². The number of hydrogen-bond donors (Lipinski definition) is 1. The Hall–Kier alpha value is -3.57. The predicted molar refractivity (Wildman–Crippen MR) is 143 cm³/mol. The lowest BCUT2D eigenvalue weighted by atomic mass is 10.1. The van der Waals surface area contributed by atoms with Crippen LogP contribution in [0.25, 0.3) is 0 Å². The summed E-state index contributed by atoms with van der Waals surface area (Å²) < 4.78 is 47.6. The van der Waals surface area contributed by atoms with Gasteiger partial charge in [0.05, 0.1) is 12.2 Å². The third kappa shape index (κ3) is 16.4. The quantitative estimate of drug-likeness (QED) is 0.0873. The number of carbonyl (C=O) groups excluding carboxylic acids is 2. The largest absolute Gasteiger partial charge is 0.493 e. The number of nitrogens with zero attached hydrogens (tertiary/aromatic N) is 1. The Morgan fingerprint density at radius 2 is 1.88 bits per heavy atom. The van der Waals surface area contributed by atoms with Crippen LogP contribution in [0.2, 0.25) is 0 Å². The molecule has 0 spiro atoms. The molecular formula is C28H39F3N2O7. The predicted octanol–water partition coefficient (Wildman–Crippen LogP) is 6.21. The molecular weight excluding hydrogens is 533 g/mol. The number of ether oxygens (including phenoxy) is 2. The van der Waals surface area contributed by atoms with Crippen LogP contribution in [0.3, 0.4) is 0 Å². The van der Waals surface area contributed by atoms with Gasteiger partial charge in [0.15, 0.2) is 0 Å². The number of allylic oxidation sites excluding steroid dienone is 3. The van der Waals surface area contributed by atoms with E-state index >= 15 is 0 Å². The molecule has 1 aromatic rings. The highest BCUT2D eigenvalue weighted by molar-refractivity contribution is 5.84. The summed E-state index contributed by atoms with van der Waals surface area (Å²) in [5, 5.41) is 11.4. The molecule has 0 aliphatic heterocycles. The first-order valence-electron chi connectivity index (χ1n) is 13.3. The number of alkyl halides is 3. The molecule has 224 valence electrons. The van der Waals surface area contributed by atoms with Gasteiger partial charge in [-0.25, -0.2) is 4.79 Å². The van der Waals surface area contributed by atoms with Gasteiger partial charge in [-0.1, -0.05) is 43.2 Å². The van der Waals surface area contributed by atoms with Crippen LogP contribution in [-0.4, -0.2) is 42.8 Å². The van der Waals surface area contributed by atoms with Crippen LogP contribution >= 0.6 is 0 Å². The molecule has 1 saturated carbocycles. The Bertz CT molecular complexity index is 961. The Morgan fingerprint density at radius 1 is 1.15 bits per heavy atom. The molecule has 1 N–H and O–H groups in total. The molecule has 2 rings (SSSR count). The minimum atomic E-state index is -4.32. The number of halogens is 3. The summed E-state index contributed by atoms with van der Waals surface area (Å²) in [4.78, 5) is 36.7. The molecule has 40 heavy (non-hydrogen) atoms. The van der Waals surface area contributed by atoms with Gasteiger partial charge >= 0.3 is 12.1 Å². The van der Waals surface area contributed by atoms with Gasteiger partial charge < -0.3 is 19.6 Å². The van der Waals surface area contributed by atoms with Gasteiger partial charge in [-0.15, -0.1) is 10.1 Å². The van der Waals surface area contributed by atoms with Crippen LogP contribution in [0.1, 0.15) is 70.8 Å². The lowest BCUT2D eigenvalue weighted by molar-refractivity contribution is -0.757. The lowest BCUT2D eigenvalue weighted by Gasteiger charge is -2.12. The van der Waals surface area contributed by atoms with Crippen LogP contribution in [0.4, 0.5) is 13.2 Å². The van der Waals surface area contributed by atoms with E-state index in [9.17, 15) is 32.9 Å². The Balaban J connectivity index is 0.000000400. The molecule has 0 radical (unpaired) electrons. The van der Waals surface area contributed by atoms with Crippen LogP contribution in [0.15, 0.2) is 48.6 Å². The summed E-state index contributed by atoms with van der Waals surface area (Å²) >= 11 is 0. The number of unbranched alkanes of at least 4 members (excludes halogenated alkanes) is 1. The number of benzene rings is 1.